The number of aromatic nitrogens is 1. The predicted molar refractivity (Wildman–Crippen MR) is 120 cm³/mol. The summed E-state index contributed by atoms with van der Waals surface area (Å²) in [6.45, 7) is 7.78. The van der Waals surface area contributed by atoms with E-state index in [-0.39, 0.29) is 11.7 Å². The van der Waals surface area contributed by atoms with Crippen LogP contribution >= 0.6 is 0 Å². The van der Waals surface area contributed by atoms with Crippen LogP contribution < -0.4 is 14.2 Å². The largest absolute Gasteiger partial charge is 0.490 e. The second-order valence-corrected chi connectivity index (χ2v) is 7.52. The van der Waals surface area contributed by atoms with Crippen LogP contribution in [0.5, 0.6) is 17.2 Å². The highest BCUT2D eigenvalue weighted by Gasteiger charge is 2.29. The maximum absolute atomic E-state index is 13.5. The first kappa shape index (κ1) is 22.6. The molecule has 1 aromatic heterocycles. The first-order valence-corrected chi connectivity index (χ1v) is 11.1. The average Bonchev–Trinajstić information content (AvgIpc) is 3.24. The molecule has 174 valence electrons. The number of carbonyl (C=O) groups is 1. The molecule has 0 fully saturated rings. The Balaban J connectivity index is 1.64. The van der Waals surface area contributed by atoms with Crippen molar-refractivity contribution >= 4 is 5.91 Å². The highest BCUT2D eigenvalue weighted by molar-refractivity contribution is 5.96. The summed E-state index contributed by atoms with van der Waals surface area (Å²) in [6.07, 6.45) is 0.569. The zero-order valence-corrected chi connectivity index (χ0v) is 19.0. The minimum Gasteiger partial charge on any atom is -0.490 e. The van der Waals surface area contributed by atoms with E-state index in [9.17, 15) is 9.18 Å². The Morgan fingerprint density at radius 3 is 2.27 bits per heavy atom. The van der Waals surface area contributed by atoms with Crippen LogP contribution in [0.25, 0.3) is 11.3 Å². The highest BCUT2D eigenvalue weighted by atomic mass is 19.1. The van der Waals surface area contributed by atoms with Crippen LogP contribution in [0.2, 0.25) is 0 Å². The van der Waals surface area contributed by atoms with E-state index >= 15 is 0 Å². The molecule has 8 heteroatoms. The van der Waals surface area contributed by atoms with Crippen molar-refractivity contribution in [1.29, 1.82) is 0 Å². The minimum absolute atomic E-state index is 0.156. The molecule has 0 spiro atoms. The van der Waals surface area contributed by atoms with Gasteiger partial charge >= 0.3 is 0 Å². The second-order valence-electron chi connectivity index (χ2n) is 7.52. The zero-order valence-electron chi connectivity index (χ0n) is 19.0. The van der Waals surface area contributed by atoms with Crippen molar-refractivity contribution in [3.63, 3.8) is 0 Å². The van der Waals surface area contributed by atoms with Gasteiger partial charge in [-0.05, 0) is 57.2 Å². The summed E-state index contributed by atoms with van der Waals surface area (Å²) in [5, 5.41) is 4.17. The van der Waals surface area contributed by atoms with Gasteiger partial charge in [-0.15, -0.1) is 0 Å². The molecule has 4 rings (SSSR count). The van der Waals surface area contributed by atoms with Gasteiger partial charge in [0.05, 0.1) is 32.1 Å². The summed E-state index contributed by atoms with van der Waals surface area (Å²) in [5.74, 6) is 1.52. The van der Waals surface area contributed by atoms with Crippen LogP contribution in [-0.4, -0.2) is 42.3 Å². The third kappa shape index (κ3) is 4.65. The lowest BCUT2D eigenvalue weighted by atomic mass is 10.0. The normalized spacial score (nSPS) is 12.9. The van der Waals surface area contributed by atoms with Crippen LogP contribution in [0.15, 0.2) is 40.9 Å². The van der Waals surface area contributed by atoms with Gasteiger partial charge < -0.3 is 23.6 Å². The fraction of sp³-hybridized carbons (Fsp3) is 0.360. The maximum Gasteiger partial charge on any atom is 0.254 e. The molecule has 0 atom stereocenters. The molecule has 1 aliphatic heterocycles. The lowest BCUT2D eigenvalue weighted by Gasteiger charge is -2.27. The maximum atomic E-state index is 13.5. The van der Waals surface area contributed by atoms with Crippen LogP contribution in [0.4, 0.5) is 4.39 Å². The first-order chi connectivity index (χ1) is 16.0. The predicted octanol–water partition coefficient (Wildman–Crippen LogP) is 4.88. The molecule has 1 aliphatic rings. The summed E-state index contributed by atoms with van der Waals surface area (Å²) in [5.41, 5.74) is 2.82. The van der Waals surface area contributed by atoms with Crippen molar-refractivity contribution in [2.75, 3.05) is 26.4 Å². The SMILES string of the molecule is CCOc1cc(C(=O)N2CCc3noc(-c4ccc(F)cc4)c3C2)cc(OCC)c1OCC. The molecular weight excluding hydrogens is 427 g/mol. The van der Waals surface area contributed by atoms with Gasteiger partial charge in [-0.25, -0.2) is 4.39 Å². The van der Waals surface area contributed by atoms with Gasteiger partial charge in [0.2, 0.25) is 5.75 Å². The lowest BCUT2D eigenvalue weighted by Crippen LogP contribution is -2.36. The van der Waals surface area contributed by atoms with Crippen LogP contribution in [0.1, 0.15) is 42.4 Å². The Labute approximate surface area is 192 Å². The fourth-order valence-corrected chi connectivity index (χ4v) is 3.91. The number of rotatable bonds is 8. The van der Waals surface area contributed by atoms with E-state index in [1.807, 2.05) is 20.8 Å². The third-order valence-corrected chi connectivity index (χ3v) is 5.39. The Bertz CT molecular complexity index is 1100. The first-order valence-electron chi connectivity index (χ1n) is 11.1. The van der Waals surface area contributed by atoms with Gasteiger partial charge in [-0.3, -0.25) is 4.79 Å². The molecular formula is C25H27FN2O5. The number of halogens is 1. The Hall–Kier alpha value is -3.55. The number of ether oxygens (including phenoxy) is 3. The molecule has 2 heterocycles. The van der Waals surface area contributed by atoms with Gasteiger partial charge in [0.1, 0.15) is 5.82 Å². The van der Waals surface area contributed by atoms with Gasteiger partial charge in [0.25, 0.3) is 5.91 Å². The van der Waals surface area contributed by atoms with Crippen molar-refractivity contribution in [3.8, 4) is 28.6 Å². The molecule has 3 aromatic rings. The van der Waals surface area contributed by atoms with E-state index < -0.39 is 0 Å². The molecule has 0 saturated carbocycles. The lowest BCUT2D eigenvalue weighted by molar-refractivity contribution is 0.0733. The Morgan fingerprint density at radius 1 is 1.03 bits per heavy atom. The van der Waals surface area contributed by atoms with Crippen LogP contribution in [0.3, 0.4) is 0 Å². The van der Waals surface area contributed by atoms with Gasteiger partial charge in [-0.2, -0.15) is 0 Å². The van der Waals surface area contributed by atoms with Crippen molar-refractivity contribution in [3.05, 3.63) is 59.0 Å². The molecule has 1 amide bonds. The standard InChI is InChI=1S/C25H27FN2O5/c1-4-30-21-13-17(14-22(31-5-2)24(21)32-6-3)25(29)28-12-11-20-19(15-28)23(33-27-20)16-7-9-18(26)10-8-16/h7-10,13-14H,4-6,11-12,15H2,1-3H3. The molecule has 2 aromatic carbocycles. The molecule has 0 N–H and O–H groups in total. The van der Waals surface area contributed by atoms with Gasteiger partial charge in [0.15, 0.2) is 17.3 Å². The topological polar surface area (TPSA) is 74.0 Å². The van der Waals surface area contributed by atoms with Gasteiger partial charge in [-0.1, -0.05) is 5.16 Å². The quantitative estimate of drug-likeness (QED) is 0.483. The van der Waals surface area contributed by atoms with E-state index in [0.29, 0.717) is 67.9 Å². The molecule has 0 saturated heterocycles. The summed E-state index contributed by atoms with van der Waals surface area (Å²) < 4.78 is 36.1. The summed E-state index contributed by atoms with van der Waals surface area (Å²) in [7, 11) is 0. The van der Waals surface area contributed by atoms with Crippen molar-refractivity contribution < 1.29 is 27.9 Å². The second kappa shape index (κ2) is 9.94. The van der Waals surface area contributed by atoms with Crippen LogP contribution in [-0.2, 0) is 13.0 Å². The average molecular weight is 454 g/mol. The van der Waals surface area contributed by atoms with E-state index in [0.717, 1.165) is 16.8 Å². The summed E-state index contributed by atoms with van der Waals surface area (Å²) in [6, 6.07) is 9.44. The molecule has 0 radical (unpaired) electrons. The number of amides is 1. The molecule has 0 aliphatic carbocycles. The zero-order chi connectivity index (χ0) is 23.4. The fourth-order valence-electron chi connectivity index (χ4n) is 3.91. The number of carbonyl (C=O) groups excluding carboxylic acids is 1. The molecule has 33 heavy (non-hydrogen) atoms. The van der Waals surface area contributed by atoms with Crippen molar-refractivity contribution in [1.82, 2.24) is 10.1 Å². The number of hydrogen-bond acceptors (Lipinski definition) is 6. The van der Waals surface area contributed by atoms with Gasteiger partial charge in [0, 0.05) is 29.7 Å². The summed E-state index contributed by atoms with van der Waals surface area (Å²) >= 11 is 0. The third-order valence-electron chi connectivity index (χ3n) is 5.39. The van der Waals surface area contributed by atoms with E-state index in [1.165, 1.54) is 12.1 Å². The summed E-state index contributed by atoms with van der Waals surface area (Å²) in [4.78, 5) is 15.2. The monoisotopic (exact) mass is 454 g/mol. The van der Waals surface area contributed by atoms with E-state index in [4.69, 9.17) is 18.7 Å². The molecule has 0 unspecified atom stereocenters. The molecule has 7 nitrogen and oxygen atoms in total. The van der Waals surface area contributed by atoms with Crippen molar-refractivity contribution in [2.45, 2.75) is 33.7 Å². The Morgan fingerprint density at radius 2 is 1.67 bits per heavy atom. The molecule has 0 bridgehead atoms. The number of nitrogens with zero attached hydrogens (tertiary/aromatic N) is 2. The Kier molecular flexibility index (Phi) is 6.82. The number of fused-ring (bicyclic) bond motifs is 1. The van der Waals surface area contributed by atoms with E-state index in [2.05, 4.69) is 5.16 Å². The number of benzene rings is 2. The van der Waals surface area contributed by atoms with E-state index in [1.54, 1.807) is 29.2 Å². The highest BCUT2D eigenvalue weighted by Crippen LogP contribution is 2.40. The smallest absolute Gasteiger partial charge is 0.254 e. The minimum atomic E-state index is -0.324. The number of hydrogen-bond donors (Lipinski definition) is 0. The van der Waals surface area contributed by atoms with Crippen molar-refractivity contribution in [2.24, 2.45) is 0 Å². The van der Waals surface area contributed by atoms with Crippen LogP contribution in [0, 0.1) is 5.82 Å².